The maximum absolute atomic E-state index is 12.0. The normalized spacial score (nSPS) is 10.6. The molecule has 0 saturated heterocycles. The van der Waals surface area contributed by atoms with E-state index >= 15 is 0 Å². The average molecular weight is 1040 g/mol. The van der Waals surface area contributed by atoms with Gasteiger partial charge in [-0.05, 0) is 60.9 Å². The molecule has 0 aliphatic carbocycles. The number of fused-ring (bicyclic) bond motifs is 3. The number of nitrogens with one attached hydrogen (secondary N) is 3. The van der Waals surface area contributed by atoms with Gasteiger partial charge in [-0.25, -0.2) is 0 Å². The Kier molecular flexibility index (Phi) is 17.7. The molecule has 0 fully saturated rings. The average Bonchev–Trinajstić information content (AvgIpc) is 3.46. The minimum absolute atomic E-state index is 0.144. The fraction of sp³-hybridized carbons (Fsp3) is 0.172. The second-order valence-corrected chi connectivity index (χ2v) is 16.9. The number of carbonyl (C=O) groups excluding carboxylic acids is 3. The number of carbonyl (C=O) groups is 3. The Hall–Kier alpha value is -9.88. The van der Waals surface area contributed by atoms with Crippen LogP contribution in [0.3, 0.4) is 0 Å². The number of nitrogens with two attached hydrogens (primary N) is 3. The van der Waals surface area contributed by atoms with Crippen LogP contribution in [0.5, 0.6) is 34.5 Å². The Labute approximate surface area is 444 Å². The number of para-hydroxylation sites is 3. The Bertz CT molecular complexity index is 3490. The van der Waals surface area contributed by atoms with E-state index in [1.54, 1.807) is 70.9 Å². The summed E-state index contributed by atoms with van der Waals surface area (Å²) in [6.45, 7) is 3.92. The number of hydrogen-bond acceptors (Lipinski definition) is 16. The van der Waals surface area contributed by atoms with Crippen molar-refractivity contribution in [2.45, 2.75) is 26.9 Å². The van der Waals surface area contributed by atoms with Gasteiger partial charge < -0.3 is 66.7 Å². The molecule has 3 amide bonds. The highest BCUT2D eigenvalue weighted by Crippen LogP contribution is 2.41. The van der Waals surface area contributed by atoms with Crippen LogP contribution in [0.1, 0.15) is 54.7 Å². The summed E-state index contributed by atoms with van der Waals surface area (Å²) in [7, 11) is 9.32. The first-order chi connectivity index (χ1) is 37.2. The molecule has 19 nitrogen and oxygen atoms in total. The van der Waals surface area contributed by atoms with E-state index in [0.717, 1.165) is 39.7 Å². The predicted molar refractivity (Wildman–Crippen MR) is 299 cm³/mol. The second-order valence-electron chi connectivity index (χ2n) is 16.9. The number of aliphatic hydroxyl groups excluding tert-OH is 1. The Balaban J connectivity index is 0.000000168. The van der Waals surface area contributed by atoms with Crippen LogP contribution in [0.2, 0.25) is 0 Å². The number of pyridine rings is 3. The number of aromatic nitrogens is 3. The van der Waals surface area contributed by atoms with Gasteiger partial charge in [0, 0.05) is 75.6 Å². The zero-order chi connectivity index (χ0) is 55.3. The van der Waals surface area contributed by atoms with Crippen LogP contribution in [0.25, 0.3) is 32.7 Å². The van der Waals surface area contributed by atoms with E-state index in [1.165, 1.54) is 32.8 Å². The summed E-state index contributed by atoms with van der Waals surface area (Å²) in [5, 5.41) is 21.5. The quantitative estimate of drug-likeness (QED) is 0.0447. The molecule has 0 radical (unpaired) electrons. The number of nitrogens with zero attached hydrogens (tertiary/aromatic N) is 3. The lowest BCUT2D eigenvalue weighted by Crippen LogP contribution is -2.14. The molecule has 9 rings (SSSR count). The van der Waals surface area contributed by atoms with Crippen LogP contribution in [0.15, 0.2) is 128 Å². The molecule has 0 unspecified atom stereocenters. The standard InChI is InChI=1S/C20H21N3O3.C19H19N3O4.C19H19N3O3/c1-4-12-7-5-6-8-15(12)23-19-13-9-17(25-2)18(26-3)10-16(13)22-11-14(19)20(21)24;1-25-16-7-12-15(8-17(16)26-2)21-9-13(19(20)24)18(12)22-14-6-4-3-5-11(14)10-23;1-11-6-4-5-7-14(11)22-18-12-8-16(24-2)17(25-3)9-15(12)21-10-13(18)19(20)23/h5-11H,4H2,1-3H3,(H2,21,24)(H,22,23);3-9,23H,10H2,1-2H3,(H2,20,24)(H,21,22);4-10H,1-3H3,(H2,20,23)(H,21,22). The van der Waals surface area contributed by atoms with Crippen LogP contribution in [0.4, 0.5) is 34.1 Å². The first kappa shape index (κ1) is 54.9. The molecule has 10 N–H and O–H groups in total. The van der Waals surface area contributed by atoms with Gasteiger partial charge in [-0.2, -0.15) is 0 Å². The lowest BCUT2D eigenvalue weighted by Gasteiger charge is -2.17. The lowest BCUT2D eigenvalue weighted by atomic mass is 10.1. The minimum atomic E-state index is -0.613. The van der Waals surface area contributed by atoms with Crippen molar-refractivity contribution in [3.63, 3.8) is 0 Å². The smallest absolute Gasteiger partial charge is 0.252 e. The summed E-state index contributed by atoms with van der Waals surface area (Å²) < 4.78 is 32.1. The SMILES string of the molecule is CCc1ccccc1Nc1c(C(N)=O)cnc2cc(OC)c(OC)cc12.COc1cc2ncc(C(N)=O)c(Nc3ccccc3C)c2cc1OC.COc1cc2ncc(C(N)=O)c(Nc3ccccc3CO)c2cc1OC. The fourth-order valence-electron chi connectivity index (χ4n) is 8.37. The molecule has 19 heteroatoms. The minimum Gasteiger partial charge on any atom is -0.493 e. The summed E-state index contributed by atoms with van der Waals surface area (Å²) >= 11 is 0. The Morgan fingerprint density at radius 3 is 1.08 bits per heavy atom. The number of benzene rings is 6. The number of aryl methyl sites for hydroxylation is 2. The number of methoxy groups -OCH3 is 6. The number of rotatable bonds is 17. The molecule has 0 aliphatic heterocycles. The summed E-state index contributed by atoms with van der Waals surface area (Å²) in [5.41, 5.74) is 26.5. The third kappa shape index (κ3) is 12.1. The number of amides is 3. The lowest BCUT2D eigenvalue weighted by molar-refractivity contribution is 0.0992. The molecule has 0 saturated carbocycles. The zero-order valence-corrected chi connectivity index (χ0v) is 43.7. The first-order valence-electron chi connectivity index (χ1n) is 23.9. The van der Waals surface area contributed by atoms with E-state index < -0.39 is 17.7 Å². The van der Waals surface area contributed by atoms with Crippen molar-refractivity contribution in [1.29, 1.82) is 0 Å². The topological polar surface area (TPSA) is 280 Å². The second kappa shape index (κ2) is 24.9. The molecule has 396 valence electrons. The van der Waals surface area contributed by atoms with E-state index in [1.807, 2.05) is 73.7 Å². The predicted octanol–water partition coefficient (Wildman–Crippen LogP) is 9.65. The van der Waals surface area contributed by atoms with Crippen molar-refractivity contribution < 1.29 is 47.9 Å². The van der Waals surface area contributed by atoms with Crippen molar-refractivity contribution in [2.75, 3.05) is 58.6 Å². The van der Waals surface area contributed by atoms with Gasteiger partial charge in [0.25, 0.3) is 17.7 Å². The summed E-state index contributed by atoms with van der Waals surface area (Å²) in [5.74, 6) is 1.55. The molecule has 3 heterocycles. The summed E-state index contributed by atoms with van der Waals surface area (Å²) in [6.07, 6.45) is 5.22. The third-order valence-corrected chi connectivity index (χ3v) is 12.4. The van der Waals surface area contributed by atoms with E-state index in [2.05, 4.69) is 37.8 Å². The Morgan fingerprint density at radius 2 is 0.753 bits per heavy atom. The summed E-state index contributed by atoms with van der Waals surface area (Å²) in [4.78, 5) is 48.8. The van der Waals surface area contributed by atoms with E-state index in [-0.39, 0.29) is 12.2 Å². The van der Waals surface area contributed by atoms with E-state index in [4.69, 9.17) is 45.6 Å². The van der Waals surface area contributed by atoms with Crippen molar-refractivity contribution in [2.24, 2.45) is 17.2 Å². The molecule has 0 atom stereocenters. The van der Waals surface area contributed by atoms with Gasteiger partial charge in [0.05, 0.1) is 99.6 Å². The van der Waals surface area contributed by atoms with Crippen LogP contribution in [-0.4, -0.2) is 80.4 Å². The van der Waals surface area contributed by atoms with Crippen molar-refractivity contribution in [3.8, 4) is 34.5 Å². The number of ether oxygens (including phenoxy) is 6. The highest BCUT2D eigenvalue weighted by Gasteiger charge is 2.21. The molecule has 0 spiro atoms. The van der Waals surface area contributed by atoms with Crippen LogP contribution < -0.4 is 61.6 Å². The highest BCUT2D eigenvalue weighted by molar-refractivity contribution is 6.10. The Morgan fingerprint density at radius 1 is 0.455 bits per heavy atom. The number of hydrogen-bond donors (Lipinski definition) is 7. The molecular formula is C58H59N9O10. The van der Waals surface area contributed by atoms with Gasteiger partial charge in [-0.1, -0.05) is 61.5 Å². The molecule has 77 heavy (non-hydrogen) atoms. The van der Waals surface area contributed by atoms with Crippen LogP contribution >= 0.6 is 0 Å². The van der Waals surface area contributed by atoms with Gasteiger partial charge in [0.15, 0.2) is 34.5 Å². The van der Waals surface area contributed by atoms with Crippen LogP contribution in [0, 0.1) is 6.92 Å². The number of anilines is 6. The molecule has 3 aromatic heterocycles. The summed E-state index contributed by atoms with van der Waals surface area (Å²) in [6, 6.07) is 33.6. The third-order valence-electron chi connectivity index (χ3n) is 12.4. The first-order valence-corrected chi connectivity index (χ1v) is 23.9. The van der Waals surface area contributed by atoms with Crippen LogP contribution in [-0.2, 0) is 13.0 Å². The maximum atomic E-state index is 12.0. The zero-order valence-electron chi connectivity index (χ0n) is 43.7. The fourth-order valence-corrected chi connectivity index (χ4v) is 8.37. The molecule has 0 aliphatic rings. The largest absolute Gasteiger partial charge is 0.493 e. The highest BCUT2D eigenvalue weighted by atomic mass is 16.5. The van der Waals surface area contributed by atoms with Crippen molar-refractivity contribution >= 4 is 84.6 Å². The maximum Gasteiger partial charge on any atom is 0.252 e. The molecule has 0 bridgehead atoms. The van der Waals surface area contributed by atoms with E-state index in [0.29, 0.717) is 95.9 Å². The number of primary amides is 3. The van der Waals surface area contributed by atoms with Crippen molar-refractivity contribution in [3.05, 3.63) is 161 Å². The van der Waals surface area contributed by atoms with Gasteiger partial charge in [0.1, 0.15) is 0 Å². The van der Waals surface area contributed by atoms with Gasteiger partial charge in [0.2, 0.25) is 0 Å². The number of aliphatic hydroxyl groups is 1. The van der Waals surface area contributed by atoms with Gasteiger partial charge >= 0.3 is 0 Å². The molecular weight excluding hydrogens is 983 g/mol. The molecule has 6 aromatic carbocycles. The van der Waals surface area contributed by atoms with E-state index in [9.17, 15) is 19.5 Å². The van der Waals surface area contributed by atoms with Gasteiger partial charge in [-0.3, -0.25) is 29.3 Å². The molecule has 9 aromatic rings. The van der Waals surface area contributed by atoms with Crippen molar-refractivity contribution in [1.82, 2.24) is 15.0 Å². The van der Waals surface area contributed by atoms with Gasteiger partial charge in [-0.15, -0.1) is 0 Å². The monoisotopic (exact) mass is 1040 g/mol.